The van der Waals surface area contributed by atoms with Gasteiger partial charge in [-0.1, -0.05) is 30.3 Å². The van der Waals surface area contributed by atoms with Crippen LogP contribution in [0.25, 0.3) is 0 Å². The van der Waals surface area contributed by atoms with Crippen LogP contribution in [-0.2, 0) is 12.8 Å². The van der Waals surface area contributed by atoms with Crippen molar-refractivity contribution in [1.29, 1.82) is 0 Å². The quantitative estimate of drug-likeness (QED) is 0.921. The molecule has 2 aromatic rings. The van der Waals surface area contributed by atoms with Gasteiger partial charge in [0, 0.05) is 6.54 Å². The van der Waals surface area contributed by atoms with E-state index in [0.29, 0.717) is 6.54 Å². The highest BCUT2D eigenvalue weighted by atomic mass is 16.5. The number of aryl methyl sites for hydroxylation is 3. The van der Waals surface area contributed by atoms with Crippen molar-refractivity contribution in [3.05, 3.63) is 64.7 Å². The SMILES string of the molecule is Cc1ccccc1C(CN)Oc1ccc2c(c1)CCCC2. The minimum Gasteiger partial charge on any atom is -0.484 e. The number of nitrogens with two attached hydrogens (primary N) is 1. The molecule has 2 nitrogen and oxygen atoms in total. The van der Waals surface area contributed by atoms with Crippen LogP contribution in [0.3, 0.4) is 0 Å². The fourth-order valence-electron chi connectivity index (χ4n) is 3.13. The molecule has 2 aromatic carbocycles. The standard InChI is InChI=1S/C19H23NO/c1-14-6-2-5-9-18(14)19(13-20)21-17-11-10-15-7-3-4-8-16(15)12-17/h2,5-6,9-12,19H,3-4,7-8,13,20H2,1H3. The second kappa shape index (κ2) is 6.31. The molecule has 0 spiro atoms. The minimum absolute atomic E-state index is 0.0761. The van der Waals surface area contributed by atoms with E-state index in [-0.39, 0.29) is 6.10 Å². The zero-order valence-corrected chi connectivity index (χ0v) is 12.6. The number of ether oxygens (including phenoxy) is 1. The summed E-state index contributed by atoms with van der Waals surface area (Å²) in [4.78, 5) is 0. The van der Waals surface area contributed by atoms with Gasteiger partial charge in [-0.05, 0) is 67.0 Å². The van der Waals surface area contributed by atoms with Crippen molar-refractivity contribution in [2.75, 3.05) is 6.54 Å². The summed E-state index contributed by atoms with van der Waals surface area (Å²) in [6.45, 7) is 2.59. The molecule has 0 bridgehead atoms. The second-order valence-corrected chi connectivity index (χ2v) is 5.84. The summed E-state index contributed by atoms with van der Waals surface area (Å²) >= 11 is 0. The van der Waals surface area contributed by atoms with E-state index in [4.69, 9.17) is 10.5 Å². The van der Waals surface area contributed by atoms with E-state index in [9.17, 15) is 0 Å². The van der Waals surface area contributed by atoms with E-state index in [1.54, 1.807) is 0 Å². The summed E-state index contributed by atoms with van der Waals surface area (Å²) in [6, 6.07) is 14.8. The first-order valence-electron chi connectivity index (χ1n) is 7.82. The predicted molar refractivity (Wildman–Crippen MR) is 86.7 cm³/mol. The molecule has 2 N–H and O–H groups in total. The summed E-state index contributed by atoms with van der Waals surface area (Å²) in [7, 11) is 0. The highest BCUT2D eigenvalue weighted by Crippen LogP contribution is 2.28. The molecule has 0 radical (unpaired) electrons. The van der Waals surface area contributed by atoms with Gasteiger partial charge in [0.25, 0.3) is 0 Å². The van der Waals surface area contributed by atoms with Crippen molar-refractivity contribution < 1.29 is 4.74 Å². The van der Waals surface area contributed by atoms with Crippen LogP contribution in [0.5, 0.6) is 5.75 Å². The number of hydrogen-bond donors (Lipinski definition) is 1. The summed E-state index contributed by atoms with van der Waals surface area (Å²) in [6.07, 6.45) is 4.89. The van der Waals surface area contributed by atoms with Gasteiger partial charge >= 0.3 is 0 Å². The highest BCUT2D eigenvalue weighted by Gasteiger charge is 2.15. The van der Waals surface area contributed by atoms with Crippen LogP contribution in [-0.4, -0.2) is 6.54 Å². The largest absolute Gasteiger partial charge is 0.484 e. The zero-order chi connectivity index (χ0) is 14.7. The van der Waals surface area contributed by atoms with Crippen molar-refractivity contribution in [2.45, 2.75) is 38.7 Å². The Morgan fingerprint density at radius 1 is 1.05 bits per heavy atom. The lowest BCUT2D eigenvalue weighted by atomic mass is 9.92. The van der Waals surface area contributed by atoms with Crippen LogP contribution in [0.1, 0.15) is 41.2 Å². The Bertz CT molecular complexity index is 621. The molecule has 1 aliphatic rings. The molecular formula is C19H23NO. The molecule has 0 heterocycles. The van der Waals surface area contributed by atoms with Crippen molar-refractivity contribution >= 4 is 0 Å². The molecule has 0 aliphatic heterocycles. The first kappa shape index (κ1) is 14.2. The average Bonchev–Trinajstić information content (AvgIpc) is 2.53. The van der Waals surface area contributed by atoms with Gasteiger partial charge in [0.1, 0.15) is 11.9 Å². The van der Waals surface area contributed by atoms with Crippen LogP contribution in [0.15, 0.2) is 42.5 Å². The van der Waals surface area contributed by atoms with Gasteiger partial charge in [-0.2, -0.15) is 0 Å². The maximum atomic E-state index is 6.17. The molecule has 110 valence electrons. The lowest BCUT2D eigenvalue weighted by molar-refractivity contribution is 0.213. The molecule has 0 saturated heterocycles. The van der Waals surface area contributed by atoms with Gasteiger partial charge < -0.3 is 10.5 Å². The maximum Gasteiger partial charge on any atom is 0.136 e. The van der Waals surface area contributed by atoms with E-state index < -0.39 is 0 Å². The molecule has 1 unspecified atom stereocenters. The summed E-state index contributed by atoms with van der Waals surface area (Å²) in [5, 5.41) is 0. The minimum atomic E-state index is -0.0761. The number of rotatable bonds is 4. The van der Waals surface area contributed by atoms with E-state index in [1.165, 1.54) is 47.9 Å². The summed E-state index contributed by atoms with van der Waals surface area (Å²) in [5.74, 6) is 0.939. The number of benzene rings is 2. The van der Waals surface area contributed by atoms with Crippen molar-refractivity contribution in [1.82, 2.24) is 0 Å². The third kappa shape index (κ3) is 3.11. The molecule has 0 aromatic heterocycles. The van der Waals surface area contributed by atoms with Crippen molar-refractivity contribution in [2.24, 2.45) is 5.73 Å². The second-order valence-electron chi connectivity index (χ2n) is 5.84. The first-order chi connectivity index (χ1) is 10.3. The molecule has 0 saturated carbocycles. The van der Waals surface area contributed by atoms with Crippen LogP contribution in [0.2, 0.25) is 0 Å². The van der Waals surface area contributed by atoms with Crippen LogP contribution in [0, 0.1) is 6.92 Å². The maximum absolute atomic E-state index is 6.17. The molecule has 3 rings (SSSR count). The van der Waals surface area contributed by atoms with E-state index in [0.717, 1.165) is 5.75 Å². The lowest BCUT2D eigenvalue weighted by Gasteiger charge is -2.22. The fourth-order valence-corrected chi connectivity index (χ4v) is 3.13. The van der Waals surface area contributed by atoms with Gasteiger partial charge in [-0.15, -0.1) is 0 Å². The van der Waals surface area contributed by atoms with Gasteiger partial charge in [0.15, 0.2) is 0 Å². The third-order valence-corrected chi connectivity index (χ3v) is 4.35. The Kier molecular flexibility index (Phi) is 4.26. The molecule has 1 aliphatic carbocycles. The smallest absolute Gasteiger partial charge is 0.136 e. The Morgan fingerprint density at radius 2 is 1.81 bits per heavy atom. The van der Waals surface area contributed by atoms with E-state index in [1.807, 2.05) is 12.1 Å². The first-order valence-corrected chi connectivity index (χ1v) is 7.82. The van der Waals surface area contributed by atoms with Crippen LogP contribution in [0.4, 0.5) is 0 Å². The average molecular weight is 281 g/mol. The van der Waals surface area contributed by atoms with Crippen LogP contribution >= 0.6 is 0 Å². The Labute approximate surface area is 126 Å². The predicted octanol–water partition coefficient (Wildman–Crippen LogP) is 3.95. The van der Waals surface area contributed by atoms with Gasteiger partial charge in [0.05, 0.1) is 0 Å². The third-order valence-electron chi connectivity index (χ3n) is 4.35. The number of hydrogen-bond acceptors (Lipinski definition) is 2. The van der Waals surface area contributed by atoms with Gasteiger partial charge in [-0.25, -0.2) is 0 Å². The lowest BCUT2D eigenvalue weighted by Crippen LogP contribution is -2.19. The monoisotopic (exact) mass is 281 g/mol. The van der Waals surface area contributed by atoms with Crippen LogP contribution < -0.4 is 10.5 Å². The Hall–Kier alpha value is -1.80. The summed E-state index contributed by atoms with van der Waals surface area (Å²) in [5.41, 5.74) is 11.3. The van der Waals surface area contributed by atoms with Crippen molar-refractivity contribution in [3.8, 4) is 5.75 Å². The molecule has 21 heavy (non-hydrogen) atoms. The molecular weight excluding hydrogens is 258 g/mol. The van der Waals surface area contributed by atoms with E-state index >= 15 is 0 Å². The Balaban J connectivity index is 1.83. The van der Waals surface area contributed by atoms with Gasteiger partial charge in [0.2, 0.25) is 0 Å². The highest BCUT2D eigenvalue weighted by molar-refractivity contribution is 5.38. The molecule has 1 atom stereocenters. The topological polar surface area (TPSA) is 35.2 Å². The fraction of sp³-hybridized carbons (Fsp3) is 0.368. The van der Waals surface area contributed by atoms with Crippen molar-refractivity contribution in [3.63, 3.8) is 0 Å². The van der Waals surface area contributed by atoms with E-state index in [2.05, 4.69) is 37.3 Å². The Morgan fingerprint density at radius 3 is 2.57 bits per heavy atom. The number of fused-ring (bicyclic) bond motifs is 1. The normalized spacial score (nSPS) is 15.3. The molecule has 0 fully saturated rings. The van der Waals surface area contributed by atoms with Gasteiger partial charge in [-0.3, -0.25) is 0 Å². The zero-order valence-electron chi connectivity index (χ0n) is 12.6. The summed E-state index contributed by atoms with van der Waals surface area (Å²) < 4.78 is 6.17. The molecule has 2 heteroatoms. The molecule has 0 amide bonds.